The molecule has 2 rings (SSSR count). The molecule has 2 aromatic rings. The van der Waals surface area contributed by atoms with Crippen molar-refractivity contribution in [3.63, 3.8) is 0 Å². The molecule has 0 aliphatic rings. The maximum Gasteiger partial charge on any atom is 0.416 e. The summed E-state index contributed by atoms with van der Waals surface area (Å²) in [5, 5.41) is 7.01. The summed E-state index contributed by atoms with van der Waals surface area (Å²) in [7, 11) is 0. The fourth-order valence-corrected chi connectivity index (χ4v) is 1.50. The highest BCUT2D eigenvalue weighted by Gasteiger charge is 2.31. The molecule has 0 aliphatic carbocycles. The number of hydrogen-bond donors (Lipinski definition) is 1. The van der Waals surface area contributed by atoms with Gasteiger partial charge in [-0.1, -0.05) is 16.8 Å². The predicted octanol–water partition coefficient (Wildman–Crippen LogP) is 2.52. The Bertz CT molecular complexity index is 549. The lowest BCUT2D eigenvalue weighted by atomic mass is 10.2. The Kier molecular flexibility index (Phi) is 2.70. The lowest BCUT2D eigenvalue weighted by molar-refractivity contribution is -0.137. The molecular weight excluding hydrogens is 257 g/mol. The van der Waals surface area contributed by atoms with Crippen molar-refractivity contribution in [1.29, 1.82) is 0 Å². The molecule has 17 heavy (non-hydrogen) atoms. The Morgan fingerprint density at radius 1 is 1.24 bits per heavy atom. The Morgan fingerprint density at radius 3 is 2.47 bits per heavy atom. The van der Waals surface area contributed by atoms with Gasteiger partial charge < -0.3 is 5.73 Å². The average Bonchev–Trinajstić information content (AvgIpc) is 2.62. The third kappa shape index (κ3) is 2.50. The molecule has 0 radical (unpaired) electrons. The molecule has 0 fully saturated rings. The molecule has 0 bridgehead atoms. The number of nitrogen functional groups attached to an aromatic ring is 1. The van der Waals surface area contributed by atoms with Crippen molar-refractivity contribution >= 4 is 17.4 Å². The van der Waals surface area contributed by atoms with Gasteiger partial charge in [-0.05, 0) is 18.2 Å². The molecule has 8 heteroatoms. The Morgan fingerprint density at radius 2 is 1.94 bits per heavy atom. The summed E-state index contributed by atoms with van der Waals surface area (Å²) < 4.78 is 38.7. The van der Waals surface area contributed by atoms with Gasteiger partial charge in [0, 0.05) is 5.02 Å². The first-order chi connectivity index (χ1) is 7.86. The molecule has 0 atom stereocenters. The van der Waals surface area contributed by atoms with Gasteiger partial charge in [-0.2, -0.15) is 13.2 Å². The highest BCUT2D eigenvalue weighted by atomic mass is 35.5. The Hall–Kier alpha value is -1.76. The molecular formula is C9H6ClF3N4. The summed E-state index contributed by atoms with van der Waals surface area (Å²) >= 11 is 5.62. The first-order valence-corrected chi connectivity index (χ1v) is 4.80. The number of hydrogen-bond acceptors (Lipinski definition) is 3. The molecule has 4 nitrogen and oxygen atoms in total. The molecule has 1 aromatic carbocycles. The molecule has 1 aromatic heterocycles. The molecule has 90 valence electrons. The van der Waals surface area contributed by atoms with Crippen LogP contribution in [0, 0.1) is 0 Å². The summed E-state index contributed by atoms with van der Waals surface area (Å²) in [4.78, 5) is 0. The molecule has 0 unspecified atom stereocenters. The van der Waals surface area contributed by atoms with Crippen LogP contribution >= 0.6 is 11.6 Å². The predicted molar refractivity (Wildman–Crippen MR) is 55.8 cm³/mol. The number of rotatable bonds is 1. The van der Waals surface area contributed by atoms with Crippen LogP contribution in [0.25, 0.3) is 5.69 Å². The molecule has 2 N–H and O–H groups in total. The van der Waals surface area contributed by atoms with Crippen LogP contribution in [0.4, 0.5) is 19.0 Å². The Balaban J connectivity index is 2.52. The van der Waals surface area contributed by atoms with Crippen molar-refractivity contribution < 1.29 is 13.2 Å². The van der Waals surface area contributed by atoms with Crippen LogP contribution in [0.15, 0.2) is 24.4 Å². The monoisotopic (exact) mass is 262 g/mol. The van der Waals surface area contributed by atoms with Gasteiger partial charge in [-0.15, -0.1) is 5.10 Å². The van der Waals surface area contributed by atoms with Gasteiger partial charge in [0.1, 0.15) is 0 Å². The fraction of sp³-hybridized carbons (Fsp3) is 0.111. The van der Waals surface area contributed by atoms with Crippen LogP contribution in [0.2, 0.25) is 5.02 Å². The Labute approximate surface area is 98.8 Å². The summed E-state index contributed by atoms with van der Waals surface area (Å²) in [5.74, 6) is 0.110. The second kappa shape index (κ2) is 3.92. The van der Waals surface area contributed by atoms with Crippen LogP contribution in [-0.4, -0.2) is 15.0 Å². The highest BCUT2D eigenvalue weighted by Crippen LogP contribution is 2.32. The quantitative estimate of drug-likeness (QED) is 0.859. The van der Waals surface area contributed by atoms with Crippen molar-refractivity contribution in [2.75, 3.05) is 5.73 Å². The van der Waals surface area contributed by atoms with E-state index in [9.17, 15) is 13.2 Å². The van der Waals surface area contributed by atoms with Gasteiger partial charge in [-0.3, -0.25) is 0 Å². The maximum absolute atomic E-state index is 12.5. The normalized spacial score (nSPS) is 11.8. The van der Waals surface area contributed by atoms with E-state index in [0.717, 1.165) is 16.8 Å². The molecule has 0 saturated heterocycles. The number of benzene rings is 1. The second-order valence-electron chi connectivity index (χ2n) is 3.28. The number of alkyl halides is 3. The molecule has 0 spiro atoms. The third-order valence-corrected chi connectivity index (χ3v) is 2.20. The molecule has 0 saturated carbocycles. The molecule has 1 heterocycles. The summed E-state index contributed by atoms with van der Waals surface area (Å²) in [5.41, 5.74) is 4.62. The third-order valence-electron chi connectivity index (χ3n) is 1.99. The second-order valence-corrected chi connectivity index (χ2v) is 3.72. The summed E-state index contributed by atoms with van der Waals surface area (Å²) in [6.45, 7) is 0. The van der Waals surface area contributed by atoms with Crippen LogP contribution < -0.4 is 5.73 Å². The first kappa shape index (κ1) is 11.7. The van der Waals surface area contributed by atoms with E-state index in [1.807, 2.05) is 0 Å². The van der Waals surface area contributed by atoms with E-state index >= 15 is 0 Å². The van der Waals surface area contributed by atoms with Gasteiger partial charge >= 0.3 is 6.18 Å². The largest absolute Gasteiger partial charge is 0.416 e. The van der Waals surface area contributed by atoms with Crippen molar-refractivity contribution in [3.8, 4) is 5.69 Å². The summed E-state index contributed by atoms with van der Waals surface area (Å²) in [6.07, 6.45) is -3.17. The highest BCUT2D eigenvalue weighted by molar-refractivity contribution is 6.30. The maximum atomic E-state index is 12.5. The number of anilines is 1. The van der Waals surface area contributed by atoms with Crippen LogP contribution in [-0.2, 0) is 6.18 Å². The average molecular weight is 263 g/mol. The standard InChI is InChI=1S/C9H6ClF3N4/c10-6-1-5(9(11,12)13)2-7(3-6)17-4-8(14)15-16-17/h1-4H,14H2. The van der Waals surface area contributed by atoms with E-state index in [1.54, 1.807) is 0 Å². The number of nitrogens with zero attached hydrogens (tertiary/aromatic N) is 3. The van der Waals surface area contributed by atoms with E-state index in [4.69, 9.17) is 17.3 Å². The number of nitrogens with two attached hydrogens (primary N) is 1. The van der Waals surface area contributed by atoms with Crippen LogP contribution in [0.5, 0.6) is 0 Å². The van der Waals surface area contributed by atoms with E-state index in [-0.39, 0.29) is 16.5 Å². The van der Waals surface area contributed by atoms with Gasteiger partial charge in [0.05, 0.1) is 17.4 Å². The van der Waals surface area contributed by atoms with Gasteiger partial charge in [0.25, 0.3) is 0 Å². The van der Waals surface area contributed by atoms with Crippen molar-refractivity contribution in [3.05, 3.63) is 35.0 Å². The molecule has 0 amide bonds. The van der Waals surface area contributed by atoms with Crippen molar-refractivity contribution in [1.82, 2.24) is 15.0 Å². The van der Waals surface area contributed by atoms with Crippen molar-refractivity contribution in [2.45, 2.75) is 6.18 Å². The first-order valence-electron chi connectivity index (χ1n) is 4.42. The van der Waals surface area contributed by atoms with E-state index in [0.29, 0.717) is 0 Å². The van der Waals surface area contributed by atoms with Crippen LogP contribution in [0.1, 0.15) is 5.56 Å². The zero-order valence-electron chi connectivity index (χ0n) is 8.24. The smallest absolute Gasteiger partial charge is 0.381 e. The SMILES string of the molecule is Nc1cn(-c2cc(Cl)cc(C(F)(F)F)c2)nn1. The number of halogens is 4. The zero-order valence-corrected chi connectivity index (χ0v) is 9.00. The molecule has 0 aliphatic heterocycles. The van der Waals surface area contributed by atoms with E-state index < -0.39 is 11.7 Å². The van der Waals surface area contributed by atoms with E-state index in [2.05, 4.69) is 10.3 Å². The van der Waals surface area contributed by atoms with Gasteiger partial charge in [-0.25, -0.2) is 4.68 Å². The topological polar surface area (TPSA) is 56.7 Å². The summed E-state index contributed by atoms with van der Waals surface area (Å²) in [6, 6.07) is 3.09. The fourth-order valence-electron chi connectivity index (χ4n) is 1.27. The van der Waals surface area contributed by atoms with Gasteiger partial charge in [0.15, 0.2) is 5.82 Å². The van der Waals surface area contributed by atoms with Crippen LogP contribution in [0.3, 0.4) is 0 Å². The van der Waals surface area contributed by atoms with Gasteiger partial charge in [0.2, 0.25) is 0 Å². The van der Waals surface area contributed by atoms with E-state index in [1.165, 1.54) is 12.3 Å². The lowest BCUT2D eigenvalue weighted by Crippen LogP contribution is -2.06. The van der Waals surface area contributed by atoms with Crippen molar-refractivity contribution in [2.24, 2.45) is 0 Å². The minimum Gasteiger partial charge on any atom is -0.381 e. The zero-order chi connectivity index (χ0) is 12.6. The minimum absolute atomic E-state index is 0.0381. The minimum atomic E-state index is -4.47. The lowest BCUT2D eigenvalue weighted by Gasteiger charge is -2.09. The number of aromatic nitrogens is 3.